The average Bonchev–Trinajstić information content (AvgIpc) is 2.72. The summed E-state index contributed by atoms with van der Waals surface area (Å²) >= 11 is 0. The van der Waals surface area contributed by atoms with E-state index in [2.05, 4.69) is 20.9 Å². The van der Waals surface area contributed by atoms with Gasteiger partial charge in [0.1, 0.15) is 12.4 Å². The molecule has 0 saturated carbocycles. The Kier molecular flexibility index (Phi) is 16.6. The molecular weight excluding hydrogens is 453 g/mol. The van der Waals surface area contributed by atoms with Gasteiger partial charge in [-0.1, -0.05) is 18.2 Å². The van der Waals surface area contributed by atoms with Gasteiger partial charge in [0, 0.05) is 38.9 Å². The van der Waals surface area contributed by atoms with Crippen LogP contribution in [0.4, 0.5) is 5.82 Å². The van der Waals surface area contributed by atoms with Gasteiger partial charge >= 0.3 is 0 Å². The fourth-order valence-electron chi connectivity index (χ4n) is 3.08. The Morgan fingerprint density at radius 2 is 1.60 bits per heavy atom. The van der Waals surface area contributed by atoms with E-state index in [9.17, 15) is 5.11 Å². The zero-order chi connectivity index (χ0) is 18.2. The molecule has 30 heavy (non-hydrogen) atoms. The minimum atomic E-state index is -0.492. The summed E-state index contributed by atoms with van der Waals surface area (Å²) in [5, 5.41) is 10.2. The second-order valence-electron chi connectivity index (χ2n) is 6.42. The van der Waals surface area contributed by atoms with E-state index in [1.807, 2.05) is 42.6 Å². The molecule has 10 heteroatoms. The first-order valence-corrected chi connectivity index (χ1v) is 9.08. The van der Waals surface area contributed by atoms with Crippen LogP contribution < -0.4 is 14.4 Å². The Labute approximate surface area is 196 Å². The predicted molar refractivity (Wildman–Crippen MR) is 127 cm³/mol. The maximum absolute atomic E-state index is 10.2. The number of piperazine rings is 1. The molecule has 2 aromatic rings. The van der Waals surface area contributed by atoms with Crippen LogP contribution in [0.3, 0.4) is 0 Å². The number of benzene rings is 1. The number of nitrogens with zero attached hydrogens (tertiary/aromatic N) is 3. The summed E-state index contributed by atoms with van der Waals surface area (Å²) in [5.41, 5.74) is 0. The number of anilines is 1. The number of ether oxygens (including phenoxy) is 2. The third kappa shape index (κ3) is 9.12. The van der Waals surface area contributed by atoms with E-state index in [1.54, 1.807) is 7.11 Å². The normalized spacial score (nSPS) is 14.1. The van der Waals surface area contributed by atoms with Gasteiger partial charge in [0.2, 0.25) is 0 Å². The molecule has 1 atom stereocenters. The fourth-order valence-corrected chi connectivity index (χ4v) is 3.08. The molecule has 0 spiro atoms. The van der Waals surface area contributed by atoms with Crippen molar-refractivity contribution in [3.8, 4) is 11.5 Å². The van der Waals surface area contributed by atoms with E-state index < -0.39 is 6.10 Å². The Bertz CT molecular complexity index is 677. The van der Waals surface area contributed by atoms with E-state index in [1.165, 1.54) is 0 Å². The molecule has 1 fully saturated rings. The Hall–Kier alpha value is -1.48. The standard InChI is InChI=1S/C20H27N3O3.3ClH.H2O/c1-25-18-6-2-3-7-19(18)26-16-17(24)9-11-22-12-14-23(15-13-22)20-8-4-5-10-21-20;;;;/h2-8,10,17,24H,9,11-16H2,1H3;3*1H;1H2. The number of pyridine rings is 1. The summed E-state index contributed by atoms with van der Waals surface area (Å²) in [6.07, 6.45) is 2.03. The Morgan fingerprint density at radius 3 is 2.20 bits per heavy atom. The highest BCUT2D eigenvalue weighted by Gasteiger charge is 2.18. The maximum Gasteiger partial charge on any atom is 0.161 e. The van der Waals surface area contributed by atoms with Crippen LogP contribution in [0.1, 0.15) is 6.42 Å². The lowest BCUT2D eigenvalue weighted by Crippen LogP contribution is -2.47. The van der Waals surface area contributed by atoms with Crippen LogP contribution in [0.2, 0.25) is 0 Å². The second-order valence-corrected chi connectivity index (χ2v) is 6.42. The van der Waals surface area contributed by atoms with Gasteiger partial charge in [-0.15, -0.1) is 37.2 Å². The number of hydrogen-bond donors (Lipinski definition) is 1. The van der Waals surface area contributed by atoms with E-state index in [4.69, 9.17) is 9.47 Å². The second kappa shape index (κ2) is 16.2. The molecule has 1 unspecified atom stereocenters. The SMILES string of the molecule is COc1ccccc1OCC(O)CCN1CCN(c2ccccn2)CC1.Cl.Cl.Cl.O. The van der Waals surface area contributed by atoms with Crippen molar-refractivity contribution in [1.82, 2.24) is 9.88 Å². The van der Waals surface area contributed by atoms with Crippen LogP contribution in [0.25, 0.3) is 0 Å². The Balaban J connectivity index is 0. The van der Waals surface area contributed by atoms with Crippen LogP contribution >= 0.6 is 37.2 Å². The molecule has 7 nitrogen and oxygen atoms in total. The fraction of sp³-hybridized carbons (Fsp3) is 0.450. The number of para-hydroxylation sites is 2. The van der Waals surface area contributed by atoms with Gasteiger partial charge in [-0.2, -0.15) is 0 Å². The van der Waals surface area contributed by atoms with Crippen LogP contribution in [0.15, 0.2) is 48.7 Å². The first kappa shape index (κ1) is 30.7. The summed E-state index contributed by atoms with van der Waals surface area (Å²) in [7, 11) is 1.61. The number of aliphatic hydroxyl groups is 1. The third-order valence-electron chi connectivity index (χ3n) is 4.62. The van der Waals surface area contributed by atoms with Gasteiger partial charge in [0.05, 0.1) is 13.2 Å². The molecular formula is C20H32Cl3N3O4. The van der Waals surface area contributed by atoms with Gasteiger partial charge < -0.3 is 25.0 Å². The molecule has 1 aromatic carbocycles. The number of aromatic nitrogens is 1. The van der Waals surface area contributed by atoms with E-state index in [-0.39, 0.29) is 49.3 Å². The van der Waals surface area contributed by atoms with Gasteiger partial charge in [-0.25, -0.2) is 4.98 Å². The molecule has 3 N–H and O–H groups in total. The van der Waals surface area contributed by atoms with Crippen molar-refractivity contribution in [3.63, 3.8) is 0 Å². The quantitative estimate of drug-likeness (QED) is 0.619. The largest absolute Gasteiger partial charge is 0.493 e. The molecule has 0 bridgehead atoms. The number of hydrogen-bond acceptors (Lipinski definition) is 6. The Morgan fingerprint density at radius 1 is 0.967 bits per heavy atom. The predicted octanol–water partition coefficient (Wildman–Crippen LogP) is 2.48. The van der Waals surface area contributed by atoms with Crippen LogP contribution in [-0.2, 0) is 0 Å². The number of rotatable bonds is 8. The molecule has 1 aliphatic rings. The van der Waals surface area contributed by atoms with Crippen molar-refractivity contribution in [2.75, 3.05) is 51.3 Å². The highest BCUT2D eigenvalue weighted by molar-refractivity contribution is 5.86. The van der Waals surface area contributed by atoms with Gasteiger partial charge in [-0.3, -0.25) is 4.90 Å². The molecule has 2 heterocycles. The highest BCUT2D eigenvalue weighted by Crippen LogP contribution is 2.25. The lowest BCUT2D eigenvalue weighted by Gasteiger charge is -2.35. The lowest BCUT2D eigenvalue weighted by molar-refractivity contribution is 0.0853. The van der Waals surface area contributed by atoms with Crippen molar-refractivity contribution in [1.29, 1.82) is 0 Å². The molecule has 1 aliphatic heterocycles. The maximum atomic E-state index is 10.2. The summed E-state index contributed by atoms with van der Waals surface area (Å²) in [6, 6.07) is 13.5. The highest BCUT2D eigenvalue weighted by atomic mass is 35.5. The molecule has 0 aliphatic carbocycles. The van der Waals surface area contributed by atoms with Crippen molar-refractivity contribution in [3.05, 3.63) is 48.7 Å². The third-order valence-corrected chi connectivity index (χ3v) is 4.62. The van der Waals surface area contributed by atoms with Crippen LogP contribution in [0, 0.1) is 0 Å². The number of methoxy groups -OCH3 is 1. The summed E-state index contributed by atoms with van der Waals surface area (Å²) in [4.78, 5) is 9.09. The van der Waals surface area contributed by atoms with Crippen LogP contribution in [0.5, 0.6) is 11.5 Å². The first-order chi connectivity index (χ1) is 12.8. The van der Waals surface area contributed by atoms with Crippen molar-refractivity contribution < 1.29 is 20.1 Å². The molecule has 3 rings (SSSR count). The topological polar surface area (TPSA) is 89.6 Å². The number of halogens is 3. The summed E-state index contributed by atoms with van der Waals surface area (Å²) in [5.74, 6) is 2.39. The number of aliphatic hydroxyl groups excluding tert-OH is 1. The van der Waals surface area contributed by atoms with E-state index in [0.29, 0.717) is 17.9 Å². The van der Waals surface area contributed by atoms with Crippen molar-refractivity contribution >= 4 is 43.0 Å². The van der Waals surface area contributed by atoms with Crippen molar-refractivity contribution in [2.45, 2.75) is 12.5 Å². The molecule has 0 radical (unpaired) electrons. The molecule has 1 aromatic heterocycles. The molecule has 172 valence electrons. The van der Waals surface area contributed by atoms with E-state index >= 15 is 0 Å². The summed E-state index contributed by atoms with van der Waals surface area (Å²) in [6.45, 7) is 5.03. The van der Waals surface area contributed by atoms with Gasteiger partial charge in [0.25, 0.3) is 0 Å². The molecule has 0 amide bonds. The lowest BCUT2D eigenvalue weighted by atomic mass is 10.2. The minimum absolute atomic E-state index is 0. The van der Waals surface area contributed by atoms with Crippen molar-refractivity contribution in [2.24, 2.45) is 0 Å². The van der Waals surface area contributed by atoms with Gasteiger partial charge in [-0.05, 0) is 30.7 Å². The molecule has 1 saturated heterocycles. The van der Waals surface area contributed by atoms with Gasteiger partial charge in [0.15, 0.2) is 11.5 Å². The monoisotopic (exact) mass is 483 g/mol. The average molecular weight is 485 g/mol. The smallest absolute Gasteiger partial charge is 0.161 e. The first-order valence-electron chi connectivity index (χ1n) is 9.08. The minimum Gasteiger partial charge on any atom is -0.493 e. The zero-order valence-corrected chi connectivity index (χ0v) is 19.4. The summed E-state index contributed by atoms with van der Waals surface area (Å²) < 4.78 is 10.9. The van der Waals surface area contributed by atoms with E-state index in [0.717, 1.165) is 38.5 Å². The zero-order valence-electron chi connectivity index (χ0n) is 17.0. The van der Waals surface area contributed by atoms with Crippen LogP contribution in [-0.4, -0.2) is 73.0 Å².